The molecule has 0 unspecified atom stereocenters. The highest BCUT2D eigenvalue weighted by Crippen LogP contribution is 2.42. The van der Waals surface area contributed by atoms with Crippen LogP contribution >= 0.6 is 0 Å². The summed E-state index contributed by atoms with van der Waals surface area (Å²) in [6.45, 7) is 0. The Morgan fingerprint density at radius 3 is 1.73 bits per heavy atom. The van der Waals surface area contributed by atoms with E-state index in [-0.39, 0.29) is 0 Å². The van der Waals surface area contributed by atoms with Crippen molar-refractivity contribution in [2.45, 2.75) is 0 Å². The van der Waals surface area contributed by atoms with Gasteiger partial charge in [-0.2, -0.15) is 0 Å². The zero-order valence-electron chi connectivity index (χ0n) is 27.9. The van der Waals surface area contributed by atoms with Crippen molar-refractivity contribution in [2.75, 3.05) is 10.6 Å². The van der Waals surface area contributed by atoms with Crippen molar-refractivity contribution in [3.8, 4) is 44.5 Å². The molecule has 3 heteroatoms. The fourth-order valence-electron chi connectivity index (χ4n) is 6.93. The number of anilines is 4. The zero-order chi connectivity index (χ0) is 34.0. The van der Waals surface area contributed by atoms with Crippen LogP contribution in [0.1, 0.15) is 0 Å². The van der Waals surface area contributed by atoms with Gasteiger partial charge in [0.05, 0.1) is 5.69 Å². The Hall–Kier alpha value is -6.84. The molecule has 51 heavy (non-hydrogen) atoms. The van der Waals surface area contributed by atoms with Crippen LogP contribution < -0.4 is 10.6 Å². The van der Waals surface area contributed by atoms with Gasteiger partial charge in [-0.05, 0) is 88.0 Å². The van der Waals surface area contributed by atoms with Gasteiger partial charge in [-0.25, -0.2) is 0 Å². The van der Waals surface area contributed by atoms with E-state index in [1.54, 1.807) is 0 Å². The maximum Gasteiger partial charge on any atom is 0.145 e. The molecule has 0 aliphatic carbocycles. The molecular weight excluding hydrogens is 621 g/mol. The fourth-order valence-corrected chi connectivity index (χ4v) is 6.93. The molecule has 2 N–H and O–H groups in total. The summed E-state index contributed by atoms with van der Waals surface area (Å²) in [6, 6.07) is 68.0. The molecule has 0 atom stereocenters. The van der Waals surface area contributed by atoms with Gasteiger partial charge in [0.15, 0.2) is 0 Å². The first-order valence-corrected chi connectivity index (χ1v) is 17.3. The molecule has 0 aliphatic heterocycles. The maximum atomic E-state index is 6.55. The number of fused-ring (bicyclic) bond motifs is 3. The minimum absolute atomic E-state index is 0.879. The smallest absolute Gasteiger partial charge is 0.145 e. The first kappa shape index (κ1) is 30.2. The molecule has 1 heterocycles. The standard InChI is InChI=1S/C48H34N2O/c1-3-12-33(13-4-1)34-22-24-36(25-23-34)47-45(31-30-43-42-19-8-10-21-46(42)51-48(43)47)50-40-28-26-35(27-29-40)37-14-11-15-38(32-37)41-18-7-9-20-44(41)49-39-16-5-2-6-17-39/h1-32,49-50H. The van der Waals surface area contributed by atoms with E-state index in [1.807, 2.05) is 36.4 Å². The summed E-state index contributed by atoms with van der Waals surface area (Å²) in [5, 5.41) is 9.55. The average Bonchev–Trinajstić information content (AvgIpc) is 3.58. The van der Waals surface area contributed by atoms with Gasteiger partial charge in [-0.3, -0.25) is 0 Å². The summed E-state index contributed by atoms with van der Waals surface area (Å²) in [5.41, 5.74) is 15.1. The van der Waals surface area contributed by atoms with E-state index in [2.05, 4.69) is 168 Å². The maximum absolute atomic E-state index is 6.55. The second-order valence-electron chi connectivity index (χ2n) is 12.7. The Kier molecular flexibility index (Phi) is 7.84. The molecule has 3 nitrogen and oxygen atoms in total. The highest BCUT2D eigenvalue weighted by molar-refractivity contribution is 6.12. The minimum Gasteiger partial charge on any atom is -0.455 e. The van der Waals surface area contributed by atoms with Crippen LogP contribution in [0.25, 0.3) is 66.4 Å². The number of furan rings is 1. The number of para-hydroxylation sites is 3. The van der Waals surface area contributed by atoms with Gasteiger partial charge in [0, 0.05) is 39.0 Å². The summed E-state index contributed by atoms with van der Waals surface area (Å²) in [7, 11) is 0. The predicted octanol–water partition coefficient (Wildman–Crippen LogP) is 13.7. The monoisotopic (exact) mass is 654 g/mol. The van der Waals surface area contributed by atoms with E-state index in [0.29, 0.717) is 0 Å². The topological polar surface area (TPSA) is 37.2 Å². The Labute approximate surface area is 297 Å². The highest BCUT2D eigenvalue weighted by atomic mass is 16.3. The molecule has 0 spiro atoms. The molecule has 0 saturated carbocycles. The lowest BCUT2D eigenvalue weighted by molar-refractivity contribution is 0.670. The third-order valence-electron chi connectivity index (χ3n) is 9.48. The molecule has 0 fully saturated rings. The van der Waals surface area contributed by atoms with Crippen molar-refractivity contribution in [3.05, 3.63) is 194 Å². The summed E-state index contributed by atoms with van der Waals surface area (Å²) in [4.78, 5) is 0. The van der Waals surface area contributed by atoms with Crippen LogP contribution in [0.2, 0.25) is 0 Å². The number of hydrogen-bond donors (Lipinski definition) is 2. The van der Waals surface area contributed by atoms with Gasteiger partial charge in [0.1, 0.15) is 11.2 Å². The summed E-state index contributed by atoms with van der Waals surface area (Å²) >= 11 is 0. The summed E-state index contributed by atoms with van der Waals surface area (Å²) in [5.74, 6) is 0. The van der Waals surface area contributed by atoms with E-state index in [9.17, 15) is 0 Å². The first-order chi connectivity index (χ1) is 25.3. The number of nitrogens with one attached hydrogen (secondary N) is 2. The molecule has 0 bridgehead atoms. The SMILES string of the molecule is c1ccc(Nc2ccccc2-c2cccc(-c3ccc(Nc4ccc5c(oc6ccccc65)c4-c4ccc(-c5ccccc5)cc4)cc3)c2)cc1. The van der Waals surface area contributed by atoms with Crippen LogP contribution in [0.4, 0.5) is 22.7 Å². The van der Waals surface area contributed by atoms with Crippen LogP contribution in [-0.4, -0.2) is 0 Å². The summed E-state index contributed by atoms with van der Waals surface area (Å²) < 4.78 is 6.55. The van der Waals surface area contributed by atoms with E-state index in [1.165, 1.54) is 11.1 Å². The Morgan fingerprint density at radius 1 is 0.333 bits per heavy atom. The van der Waals surface area contributed by atoms with Gasteiger partial charge >= 0.3 is 0 Å². The molecule has 8 aromatic carbocycles. The van der Waals surface area contributed by atoms with Gasteiger partial charge in [0.2, 0.25) is 0 Å². The largest absolute Gasteiger partial charge is 0.455 e. The molecular formula is C48H34N2O. The van der Waals surface area contributed by atoms with E-state index in [4.69, 9.17) is 4.42 Å². The Morgan fingerprint density at radius 2 is 0.902 bits per heavy atom. The molecule has 9 aromatic rings. The minimum atomic E-state index is 0.879. The average molecular weight is 655 g/mol. The Bertz CT molecular complexity index is 2610. The second-order valence-corrected chi connectivity index (χ2v) is 12.7. The van der Waals surface area contributed by atoms with Crippen LogP contribution in [0.15, 0.2) is 199 Å². The lowest BCUT2D eigenvalue weighted by Gasteiger charge is -2.15. The van der Waals surface area contributed by atoms with Crippen molar-refractivity contribution >= 4 is 44.7 Å². The van der Waals surface area contributed by atoms with Gasteiger partial charge < -0.3 is 15.1 Å². The van der Waals surface area contributed by atoms with Crippen molar-refractivity contribution in [3.63, 3.8) is 0 Å². The number of rotatable bonds is 8. The molecule has 0 saturated heterocycles. The van der Waals surface area contributed by atoms with Gasteiger partial charge in [0.25, 0.3) is 0 Å². The van der Waals surface area contributed by atoms with Crippen molar-refractivity contribution in [2.24, 2.45) is 0 Å². The number of hydrogen-bond acceptors (Lipinski definition) is 3. The molecule has 0 amide bonds. The van der Waals surface area contributed by atoms with E-state index < -0.39 is 0 Å². The van der Waals surface area contributed by atoms with Crippen molar-refractivity contribution < 1.29 is 4.42 Å². The van der Waals surface area contributed by atoms with Crippen molar-refractivity contribution in [1.82, 2.24) is 0 Å². The summed E-state index contributed by atoms with van der Waals surface area (Å²) in [6.07, 6.45) is 0. The normalized spacial score (nSPS) is 11.1. The lowest BCUT2D eigenvalue weighted by atomic mass is 9.97. The Balaban J connectivity index is 1.04. The highest BCUT2D eigenvalue weighted by Gasteiger charge is 2.17. The molecule has 0 radical (unpaired) electrons. The molecule has 9 rings (SSSR count). The molecule has 0 aliphatic rings. The van der Waals surface area contributed by atoms with Crippen LogP contribution in [-0.2, 0) is 0 Å². The third-order valence-corrected chi connectivity index (χ3v) is 9.48. The molecule has 1 aromatic heterocycles. The van der Waals surface area contributed by atoms with Gasteiger partial charge in [-0.1, -0.05) is 140 Å². The van der Waals surface area contributed by atoms with Crippen molar-refractivity contribution in [1.29, 1.82) is 0 Å². The lowest BCUT2D eigenvalue weighted by Crippen LogP contribution is -1.94. The molecule has 242 valence electrons. The number of benzene rings is 8. The van der Waals surface area contributed by atoms with Crippen LogP contribution in [0, 0.1) is 0 Å². The van der Waals surface area contributed by atoms with Gasteiger partial charge in [-0.15, -0.1) is 0 Å². The van der Waals surface area contributed by atoms with Crippen LogP contribution in [0.5, 0.6) is 0 Å². The second kappa shape index (κ2) is 13.2. The first-order valence-electron chi connectivity index (χ1n) is 17.3. The van der Waals surface area contributed by atoms with E-state index in [0.717, 1.165) is 78.1 Å². The van der Waals surface area contributed by atoms with E-state index >= 15 is 0 Å². The zero-order valence-corrected chi connectivity index (χ0v) is 27.9. The van der Waals surface area contributed by atoms with Crippen LogP contribution in [0.3, 0.4) is 0 Å². The fraction of sp³-hybridized carbons (Fsp3) is 0. The third kappa shape index (κ3) is 6.03. The quantitative estimate of drug-likeness (QED) is 0.171. The predicted molar refractivity (Wildman–Crippen MR) is 215 cm³/mol.